The van der Waals surface area contributed by atoms with Crippen molar-refractivity contribution < 1.29 is 4.21 Å². The quantitative estimate of drug-likeness (QED) is 0.813. The average Bonchev–Trinajstić information content (AvgIpc) is 2.64. The van der Waals surface area contributed by atoms with Crippen molar-refractivity contribution in [3.05, 3.63) is 35.9 Å². The molecule has 1 aliphatic rings. The van der Waals surface area contributed by atoms with Gasteiger partial charge in [0.25, 0.3) is 0 Å². The molecule has 3 N–H and O–H groups in total. The summed E-state index contributed by atoms with van der Waals surface area (Å²) in [4.78, 5) is 2.59. The molecule has 1 aromatic rings. The summed E-state index contributed by atoms with van der Waals surface area (Å²) in [6.45, 7) is 1.89. The number of likely N-dealkylation sites (N-methyl/N-ethyl adjacent to an activating group) is 1. The molecule has 5 heteroatoms. The lowest BCUT2D eigenvalue weighted by molar-refractivity contribution is 0.438. The Morgan fingerprint density at radius 1 is 1.38 bits per heavy atom. The Kier molecular flexibility index (Phi) is 2.84. The minimum absolute atomic E-state index is 0.378. The molecule has 1 atom stereocenters. The van der Waals surface area contributed by atoms with Crippen molar-refractivity contribution in [2.45, 2.75) is 4.90 Å². The van der Waals surface area contributed by atoms with Crippen molar-refractivity contribution in [3.63, 3.8) is 0 Å². The summed E-state index contributed by atoms with van der Waals surface area (Å²) >= 11 is 0. The van der Waals surface area contributed by atoms with Crippen LogP contribution in [0, 0.1) is 4.78 Å². The van der Waals surface area contributed by atoms with Gasteiger partial charge in [0.1, 0.15) is 9.92 Å². The van der Waals surface area contributed by atoms with Crippen molar-refractivity contribution in [3.8, 4) is 0 Å². The summed E-state index contributed by atoms with van der Waals surface area (Å²) in [7, 11) is -1.02. The first-order chi connectivity index (χ1) is 7.47. The second-order valence-corrected chi connectivity index (χ2v) is 5.72. The lowest BCUT2D eigenvalue weighted by Gasteiger charge is -2.08. The van der Waals surface area contributed by atoms with Gasteiger partial charge in [0.2, 0.25) is 0 Å². The van der Waals surface area contributed by atoms with E-state index in [2.05, 4.69) is 18.0 Å². The number of rotatable bonds is 2. The van der Waals surface area contributed by atoms with E-state index in [1.54, 1.807) is 12.1 Å². The summed E-state index contributed by atoms with van der Waals surface area (Å²) < 4.78 is 18.6. The molecule has 0 radical (unpaired) electrons. The van der Waals surface area contributed by atoms with Crippen LogP contribution in [0.1, 0.15) is 5.56 Å². The largest absolute Gasteiger partial charge is 0.298 e. The Hall–Kier alpha value is -1.17. The minimum Gasteiger partial charge on any atom is -0.298 e. The van der Waals surface area contributed by atoms with Crippen molar-refractivity contribution in [2.75, 3.05) is 20.1 Å². The Bertz CT molecular complexity index is 517. The Morgan fingerprint density at radius 2 is 2.00 bits per heavy atom. The highest BCUT2D eigenvalue weighted by Gasteiger charge is 2.12. The van der Waals surface area contributed by atoms with Crippen LogP contribution >= 0.6 is 0 Å². The zero-order valence-electron chi connectivity index (χ0n) is 9.14. The number of nitrogens with two attached hydrogens (primary N) is 1. The Morgan fingerprint density at radius 3 is 2.44 bits per heavy atom. The molecule has 0 aromatic heterocycles. The molecule has 1 aliphatic heterocycles. The van der Waals surface area contributed by atoms with Crippen LogP contribution in [0.4, 0.5) is 0 Å². The first-order valence-corrected chi connectivity index (χ1v) is 6.63. The van der Waals surface area contributed by atoms with E-state index in [9.17, 15) is 4.21 Å². The fourth-order valence-electron chi connectivity index (χ4n) is 1.77. The van der Waals surface area contributed by atoms with Crippen molar-refractivity contribution in [1.29, 1.82) is 4.78 Å². The third kappa shape index (κ3) is 2.32. The highest BCUT2D eigenvalue weighted by molar-refractivity contribution is 7.90. The van der Waals surface area contributed by atoms with Crippen LogP contribution in [0.25, 0.3) is 5.57 Å². The van der Waals surface area contributed by atoms with Crippen molar-refractivity contribution in [2.24, 2.45) is 5.14 Å². The van der Waals surface area contributed by atoms with Crippen LogP contribution in [0.2, 0.25) is 0 Å². The van der Waals surface area contributed by atoms with Crippen LogP contribution in [-0.2, 0) is 9.92 Å². The molecule has 1 heterocycles. The molecule has 0 fully saturated rings. The predicted octanol–water partition coefficient (Wildman–Crippen LogP) is 1.29. The standard InChI is InChI=1S/C11H15N3OS/c1-14-7-6-10(8-14)9-2-4-11(5-3-9)16(12,13)15/h2-6H,7-8H2,1H3,(H3,12,13,15). The summed E-state index contributed by atoms with van der Waals surface area (Å²) in [5.41, 5.74) is 2.37. The van der Waals surface area contributed by atoms with E-state index in [1.807, 2.05) is 12.1 Å². The van der Waals surface area contributed by atoms with E-state index in [4.69, 9.17) is 9.92 Å². The zero-order valence-corrected chi connectivity index (χ0v) is 9.96. The first-order valence-electron chi connectivity index (χ1n) is 5.01. The molecular weight excluding hydrogens is 222 g/mol. The van der Waals surface area contributed by atoms with E-state index < -0.39 is 9.92 Å². The van der Waals surface area contributed by atoms with E-state index in [0.29, 0.717) is 4.90 Å². The second kappa shape index (κ2) is 4.01. The number of nitrogens with zero attached hydrogens (tertiary/aromatic N) is 1. The molecule has 0 saturated heterocycles. The van der Waals surface area contributed by atoms with Crippen LogP contribution in [-0.4, -0.2) is 29.2 Å². The number of benzene rings is 1. The van der Waals surface area contributed by atoms with Gasteiger partial charge in [-0.3, -0.25) is 4.90 Å². The average molecular weight is 237 g/mol. The maximum Gasteiger partial charge on any atom is 0.132 e. The Balaban J connectivity index is 2.27. The zero-order chi connectivity index (χ0) is 11.8. The third-order valence-electron chi connectivity index (χ3n) is 2.66. The molecule has 0 spiro atoms. The van der Waals surface area contributed by atoms with Crippen LogP contribution in [0.15, 0.2) is 35.2 Å². The van der Waals surface area contributed by atoms with Gasteiger partial charge in [-0.25, -0.2) is 14.1 Å². The van der Waals surface area contributed by atoms with Gasteiger partial charge in [0.15, 0.2) is 0 Å². The smallest absolute Gasteiger partial charge is 0.132 e. The maximum absolute atomic E-state index is 11.3. The monoisotopic (exact) mass is 237 g/mol. The molecule has 86 valence electrons. The van der Waals surface area contributed by atoms with Crippen LogP contribution in [0.3, 0.4) is 0 Å². The van der Waals surface area contributed by atoms with Crippen LogP contribution < -0.4 is 5.14 Å². The molecule has 4 nitrogen and oxygen atoms in total. The van der Waals surface area contributed by atoms with Gasteiger partial charge < -0.3 is 0 Å². The summed E-state index contributed by atoms with van der Waals surface area (Å²) in [6, 6.07) is 7.09. The molecule has 0 amide bonds. The maximum atomic E-state index is 11.3. The molecule has 0 aliphatic carbocycles. The summed E-state index contributed by atoms with van der Waals surface area (Å²) in [6.07, 6.45) is 2.18. The lowest BCUT2D eigenvalue weighted by atomic mass is 10.1. The molecule has 16 heavy (non-hydrogen) atoms. The van der Waals surface area contributed by atoms with Gasteiger partial charge in [-0.15, -0.1) is 0 Å². The first kappa shape index (κ1) is 11.3. The predicted molar refractivity (Wildman–Crippen MR) is 65.2 cm³/mol. The molecule has 0 saturated carbocycles. The second-order valence-electron chi connectivity index (χ2n) is 4.05. The third-order valence-corrected chi connectivity index (χ3v) is 3.64. The minimum atomic E-state index is -3.08. The molecule has 0 bridgehead atoms. The van der Waals surface area contributed by atoms with E-state index in [-0.39, 0.29) is 0 Å². The van der Waals surface area contributed by atoms with Crippen LogP contribution in [0.5, 0.6) is 0 Å². The SMILES string of the molecule is CN1CC=C(c2ccc(S(=N)(N)=O)cc2)C1. The number of hydrogen-bond acceptors (Lipinski definition) is 3. The molecule has 1 unspecified atom stereocenters. The summed E-state index contributed by atoms with van der Waals surface area (Å²) in [5, 5.41) is 5.25. The van der Waals surface area contributed by atoms with Gasteiger partial charge >= 0.3 is 0 Å². The molecule has 2 rings (SSSR count). The number of nitrogens with one attached hydrogen (secondary N) is 1. The lowest BCUT2D eigenvalue weighted by Crippen LogP contribution is -2.13. The van der Waals surface area contributed by atoms with Crippen molar-refractivity contribution >= 4 is 15.5 Å². The van der Waals surface area contributed by atoms with Gasteiger partial charge in [0.05, 0.1) is 4.90 Å². The van der Waals surface area contributed by atoms with E-state index >= 15 is 0 Å². The van der Waals surface area contributed by atoms with Crippen molar-refractivity contribution in [1.82, 2.24) is 4.90 Å². The topological polar surface area (TPSA) is 70.2 Å². The molecule has 1 aromatic carbocycles. The normalized spacial score (nSPS) is 20.5. The molecular formula is C11H15N3OS. The summed E-state index contributed by atoms with van der Waals surface area (Å²) in [5.74, 6) is 0. The van der Waals surface area contributed by atoms with E-state index in [0.717, 1.165) is 18.7 Å². The number of hydrogen-bond donors (Lipinski definition) is 2. The van der Waals surface area contributed by atoms with Gasteiger partial charge in [0, 0.05) is 13.1 Å². The van der Waals surface area contributed by atoms with Gasteiger partial charge in [-0.1, -0.05) is 18.2 Å². The highest BCUT2D eigenvalue weighted by Crippen LogP contribution is 2.21. The van der Waals surface area contributed by atoms with Gasteiger partial charge in [-0.2, -0.15) is 0 Å². The Labute approximate surface area is 95.9 Å². The van der Waals surface area contributed by atoms with Gasteiger partial charge in [-0.05, 0) is 30.3 Å². The fourth-order valence-corrected chi connectivity index (χ4v) is 2.31. The highest BCUT2D eigenvalue weighted by atomic mass is 32.2. The fraction of sp³-hybridized carbons (Fsp3) is 0.273. The van der Waals surface area contributed by atoms with E-state index in [1.165, 1.54) is 5.57 Å².